The van der Waals surface area contributed by atoms with Crippen LogP contribution in [-0.4, -0.2) is 46.8 Å². The molecular weight excluding hydrogens is 358 g/mol. The summed E-state index contributed by atoms with van der Waals surface area (Å²) in [5, 5.41) is 4.83. The fraction of sp³-hybridized carbons (Fsp3) is 0.353. The zero-order valence-corrected chi connectivity index (χ0v) is 16.4. The van der Waals surface area contributed by atoms with Gasteiger partial charge in [-0.15, -0.1) is 11.3 Å². The fourth-order valence-electron chi connectivity index (χ4n) is 2.28. The van der Waals surface area contributed by atoms with Crippen molar-refractivity contribution >= 4 is 38.6 Å². The molecule has 0 radical (unpaired) electrons. The maximum atomic E-state index is 12.3. The molecule has 0 aliphatic carbocycles. The zero-order valence-electron chi connectivity index (χ0n) is 14.8. The number of thiophene rings is 1. The topological polar surface area (TPSA) is 69.7 Å². The van der Waals surface area contributed by atoms with Gasteiger partial charge in [0.05, 0.1) is 16.3 Å². The number of carbonyl (C=O) groups excluding carboxylic acids is 1. The lowest BCUT2D eigenvalue weighted by Gasteiger charge is -2.20. The van der Waals surface area contributed by atoms with Crippen LogP contribution in [0.15, 0.2) is 40.6 Å². The Morgan fingerprint density at radius 3 is 2.44 bits per heavy atom. The standard InChI is InChI=1S/C17H23N3O3S2/c1-19(2)16-9-8-14(25(22,23)20(3)4)12-15(16)18-17(21)10-7-13-6-5-11-24-13/h5-6,8-9,11-12H,7,10H2,1-4H3,(H,18,21). The van der Waals surface area contributed by atoms with E-state index in [4.69, 9.17) is 0 Å². The molecule has 1 aromatic carbocycles. The van der Waals surface area contributed by atoms with Crippen molar-refractivity contribution in [2.75, 3.05) is 38.4 Å². The largest absolute Gasteiger partial charge is 0.376 e. The summed E-state index contributed by atoms with van der Waals surface area (Å²) in [6.07, 6.45) is 1.01. The van der Waals surface area contributed by atoms with Crippen molar-refractivity contribution in [3.8, 4) is 0 Å². The molecule has 0 aliphatic heterocycles. The Kier molecular flexibility index (Phi) is 6.21. The Morgan fingerprint density at radius 1 is 1.16 bits per heavy atom. The van der Waals surface area contributed by atoms with Gasteiger partial charge in [0.2, 0.25) is 15.9 Å². The third-order valence-corrected chi connectivity index (χ3v) is 6.43. The molecule has 8 heteroatoms. The lowest BCUT2D eigenvalue weighted by atomic mass is 10.2. The first-order valence-electron chi connectivity index (χ1n) is 7.78. The third kappa shape index (κ3) is 4.81. The van der Waals surface area contributed by atoms with Crippen molar-refractivity contribution in [3.05, 3.63) is 40.6 Å². The van der Waals surface area contributed by atoms with E-state index in [0.717, 1.165) is 14.9 Å². The van der Waals surface area contributed by atoms with E-state index in [-0.39, 0.29) is 10.8 Å². The Hall–Kier alpha value is -1.90. The third-order valence-electron chi connectivity index (χ3n) is 3.68. The SMILES string of the molecule is CN(C)c1ccc(S(=O)(=O)N(C)C)cc1NC(=O)CCc1cccs1. The molecule has 0 spiro atoms. The van der Waals surface area contributed by atoms with E-state index in [0.29, 0.717) is 18.5 Å². The van der Waals surface area contributed by atoms with Crippen molar-refractivity contribution < 1.29 is 13.2 Å². The van der Waals surface area contributed by atoms with E-state index in [1.54, 1.807) is 23.5 Å². The molecule has 1 heterocycles. The summed E-state index contributed by atoms with van der Waals surface area (Å²) >= 11 is 1.62. The number of nitrogens with one attached hydrogen (secondary N) is 1. The van der Waals surface area contributed by atoms with Crippen LogP contribution in [0.25, 0.3) is 0 Å². The molecule has 0 bridgehead atoms. The average molecular weight is 382 g/mol. The minimum atomic E-state index is -3.56. The number of hydrogen-bond donors (Lipinski definition) is 1. The summed E-state index contributed by atoms with van der Waals surface area (Å²) in [4.78, 5) is 15.4. The van der Waals surface area contributed by atoms with E-state index < -0.39 is 10.0 Å². The van der Waals surface area contributed by atoms with Gasteiger partial charge in [0.15, 0.2) is 0 Å². The monoisotopic (exact) mass is 381 g/mol. The van der Waals surface area contributed by atoms with Crippen molar-refractivity contribution in [1.82, 2.24) is 4.31 Å². The number of amides is 1. The predicted molar refractivity (Wildman–Crippen MR) is 103 cm³/mol. The van der Waals surface area contributed by atoms with Gasteiger partial charge < -0.3 is 10.2 Å². The van der Waals surface area contributed by atoms with Gasteiger partial charge in [0, 0.05) is 39.5 Å². The second-order valence-electron chi connectivity index (χ2n) is 5.99. The quantitative estimate of drug-likeness (QED) is 0.800. The number of benzene rings is 1. The molecule has 6 nitrogen and oxygen atoms in total. The molecule has 2 aromatic rings. The molecule has 1 N–H and O–H groups in total. The number of anilines is 2. The van der Waals surface area contributed by atoms with Gasteiger partial charge in [0.25, 0.3) is 0 Å². The second-order valence-corrected chi connectivity index (χ2v) is 9.17. The van der Waals surface area contributed by atoms with E-state index >= 15 is 0 Å². The smallest absolute Gasteiger partial charge is 0.242 e. The van der Waals surface area contributed by atoms with Gasteiger partial charge in [-0.1, -0.05) is 6.07 Å². The van der Waals surface area contributed by atoms with Gasteiger partial charge in [0.1, 0.15) is 0 Å². The lowest BCUT2D eigenvalue weighted by Crippen LogP contribution is -2.23. The second kappa shape index (κ2) is 7.99. The molecule has 0 aliphatic rings. The number of nitrogens with zero attached hydrogens (tertiary/aromatic N) is 2. The highest BCUT2D eigenvalue weighted by atomic mass is 32.2. The Labute approximate surface area is 153 Å². The Balaban J connectivity index is 2.23. The van der Waals surface area contributed by atoms with Crippen LogP contribution in [-0.2, 0) is 21.2 Å². The van der Waals surface area contributed by atoms with Crippen LogP contribution in [0.3, 0.4) is 0 Å². The fourth-order valence-corrected chi connectivity index (χ4v) is 3.92. The number of rotatable bonds is 7. The van der Waals surface area contributed by atoms with E-state index in [1.165, 1.54) is 20.2 Å². The van der Waals surface area contributed by atoms with Crippen LogP contribution in [0.4, 0.5) is 11.4 Å². The van der Waals surface area contributed by atoms with E-state index in [2.05, 4.69) is 5.32 Å². The predicted octanol–water partition coefficient (Wildman–Crippen LogP) is 2.64. The zero-order chi connectivity index (χ0) is 18.6. The first kappa shape index (κ1) is 19.4. The van der Waals surface area contributed by atoms with Gasteiger partial charge in [-0.2, -0.15) is 0 Å². The molecule has 1 amide bonds. The minimum Gasteiger partial charge on any atom is -0.376 e. The van der Waals surface area contributed by atoms with Crippen molar-refractivity contribution in [1.29, 1.82) is 0 Å². The molecule has 0 saturated heterocycles. The number of carbonyl (C=O) groups is 1. The molecule has 136 valence electrons. The number of sulfonamides is 1. The van der Waals surface area contributed by atoms with Crippen LogP contribution in [0.5, 0.6) is 0 Å². The van der Waals surface area contributed by atoms with E-state index in [1.807, 2.05) is 36.5 Å². The van der Waals surface area contributed by atoms with Gasteiger partial charge in [-0.25, -0.2) is 12.7 Å². The molecule has 0 unspecified atom stereocenters. The summed E-state index contributed by atoms with van der Waals surface area (Å²) in [7, 11) is 3.09. The number of aryl methyl sites for hydroxylation is 1. The lowest BCUT2D eigenvalue weighted by molar-refractivity contribution is -0.116. The highest BCUT2D eigenvalue weighted by Crippen LogP contribution is 2.28. The molecule has 0 atom stereocenters. The first-order chi connectivity index (χ1) is 11.7. The molecule has 0 saturated carbocycles. The Bertz CT molecular complexity index is 829. The maximum Gasteiger partial charge on any atom is 0.242 e. The van der Waals surface area contributed by atoms with Crippen molar-refractivity contribution in [3.63, 3.8) is 0 Å². The first-order valence-corrected chi connectivity index (χ1v) is 10.1. The summed E-state index contributed by atoms with van der Waals surface area (Å²) in [6.45, 7) is 0. The van der Waals surface area contributed by atoms with E-state index in [9.17, 15) is 13.2 Å². The molecule has 2 rings (SSSR count). The summed E-state index contributed by atoms with van der Waals surface area (Å²) < 4.78 is 25.8. The molecule has 1 aromatic heterocycles. The van der Waals surface area contributed by atoms with Crippen LogP contribution in [0.2, 0.25) is 0 Å². The minimum absolute atomic E-state index is 0.143. The highest BCUT2D eigenvalue weighted by molar-refractivity contribution is 7.89. The molecular formula is C17H23N3O3S2. The van der Waals surface area contributed by atoms with Crippen LogP contribution < -0.4 is 10.2 Å². The number of hydrogen-bond acceptors (Lipinski definition) is 5. The van der Waals surface area contributed by atoms with Crippen LogP contribution in [0.1, 0.15) is 11.3 Å². The molecule has 25 heavy (non-hydrogen) atoms. The summed E-state index contributed by atoms with van der Waals surface area (Å²) in [5.74, 6) is -0.143. The summed E-state index contributed by atoms with van der Waals surface area (Å²) in [5.41, 5.74) is 1.24. The van der Waals surface area contributed by atoms with Gasteiger partial charge in [-0.3, -0.25) is 4.79 Å². The van der Waals surface area contributed by atoms with Crippen molar-refractivity contribution in [2.45, 2.75) is 17.7 Å². The van der Waals surface area contributed by atoms with Gasteiger partial charge >= 0.3 is 0 Å². The average Bonchev–Trinajstić information content (AvgIpc) is 3.05. The van der Waals surface area contributed by atoms with Gasteiger partial charge in [-0.05, 0) is 36.1 Å². The van der Waals surface area contributed by atoms with Crippen LogP contribution >= 0.6 is 11.3 Å². The summed E-state index contributed by atoms with van der Waals surface area (Å²) in [6, 6.07) is 8.70. The van der Waals surface area contributed by atoms with Crippen molar-refractivity contribution in [2.24, 2.45) is 0 Å². The van der Waals surface area contributed by atoms with Crippen LogP contribution in [0, 0.1) is 0 Å². The molecule has 0 fully saturated rings. The Morgan fingerprint density at radius 2 is 1.88 bits per heavy atom. The normalized spacial score (nSPS) is 11.6. The maximum absolute atomic E-state index is 12.3. The highest BCUT2D eigenvalue weighted by Gasteiger charge is 2.20.